The predicted octanol–water partition coefficient (Wildman–Crippen LogP) is 3.57. The van der Waals surface area contributed by atoms with Crippen LogP contribution in [0.3, 0.4) is 0 Å². The minimum Gasteiger partial charge on any atom is -0.493 e. The van der Waals surface area contributed by atoms with E-state index in [1.54, 1.807) is 6.07 Å². The largest absolute Gasteiger partial charge is 0.493 e. The highest BCUT2D eigenvalue weighted by Gasteiger charge is 2.29. The monoisotopic (exact) mass is 311 g/mol. The Bertz CT molecular complexity index is 452. The van der Waals surface area contributed by atoms with Gasteiger partial charge in [0, 0.05) is 22.7 Å². The number of halogens is 4. The number of hydrogen-bond donors (Lipinski definition) is 1. The maximum atomic E-state index is 12.3. The second kappa shape index (κ2) is 7.04. The molecule has 1 aromatic carbocycles. The highest BCUT2D eigenvalue weighted by molar-refractivity contribution is 6.30. The topological polar surface area (TPSA) is 44.5 Å². The Kier molecular flexibility index (Phi) is 5.95. The fraction of sp³-hybridized carbons (Fsp3) is 0.538. The lowest BCUT2D eigenvalue weighted by Crippen LogP contribution is -2.23. The minimum atomic E-state index is -4.42. The molecular weight excluding hydrogens is 295 g/mol. The molecule has 7 heteroatoms. The second-order valence-electron chi connectivity index (χ2n) is 4.37. The van der Waals surface area contributed by atoms with E-state index < -0.39 is 12.8 Å². The zero-order valence-electron chi connectivity index (χ0n) is 11.3. The molecule has 1 unspecified atom stereocenters. The number of rotatable bonds is 6. The number of ether oxygens (including phenoxy) is 2. The van der Waals surface area contributed by atoms with Gasteiger partial charge >= 0.3 is 6.18 Å². The van der Waals surface area contributed by atoms with Gasteiger partial charge < -0.3 is 15.2 Å². The summed E-state index contributed by atoms with van der Waals surface area (Å²) in [5.41, 5.74) is 6.34. The van der Waals surface area contributed by atoms with Gasteiger partial charge in [-0.3, -0.25) is 0 Å². The van der Waals surface area contributed by atoms with Crippen LogP contribution in [0.1, 0.15) is 18.9 Å². The molecule has 0 fully saturated rings. The average molecular weight is 312 g/mol. The Morgan fingerprint density at radius 3 is 2.50 bits per heavy atom. The van der Waals surface area contributed by atoms with Crippen molar-refractivity contribution in [2.24, 2.45) is 5.73 Å². The zero-order valence-corrected chi connectivity index (χ0v) is 12.0. The highest BCUT2D eigenvalue weighted by atomic mass is 35.5. The standard InChI is InChI=1S/C13H17ClF3NO2/c1-3-10(18)5-8-4-9(14)6-11(19-2)12(8)20-7-13(15,16)17/h4,6,10H,3,5,7,18H2,1-2H3. The molecule has 0 aliphatic heterocycles. The Morgan fingerprint density at radius 1 is 1.35 bits per heavy atom. The first-order chi connectivity index (χ1) is 9.26. The van der Waals surface area contributed by atoms with E-state index in [1.165, 1.54) is 13.2 Å². The van der Waals surface area contributed by atoms with Gasteiger partial charge in [0.15, 0.2) is 18.1 Å². The molecule has 114 valence electrons. The van der Waals surface area contributed by atoms with Crippen LogP contribution in [0.25, 0.3) is 0 Å². The molecule has 0 aromatic heterocycles. The van der Waals surface area contributed by atoms with Gasteiger partial charge in [-0.1, -0.05) is 18.5 Å². The van der Waals surface area contributed by atoms with Gasteiger partial charge in [-0.05, 0) is 18.9 Å². The van der Waals surface area contributed by atoms with Crippen molar-refractivity contribution in [3.8, 4) is 11.5 Å². The lowest BCUT2D eigenvalue weighted by atomic mass is 10.0. The highest BCUT2D eigenvalue weighted by Crippen LogP contribution is 2.36. The van der Waals surface area contributed by atoms with Gasteiger partial charge in [-0.15, -0.1) is 0 Å². The van der Waals surface area contributed by atoms with Crippen molar-refractivity contribution in [1.82, 2.24) is 0 Å². The molecule has 0 heterocycles. The molecular formula is C13H17ClF3NO2. The fourth-order valence-corrected chi connectivity index (χ4v) is 1.90. The van der Waals surface area contributed by atoms with Crippen molar-refractivity contribution in [3.63, 3.8) is 0 Å². The number of hydrogen-bond acceptors (Lipinski definition) is 3. The molecule has 20 heavy (non-hydrogen) atoms. The third-order valence-electron chi connectivity index (χ3n) is 2.70. The summed E-state index contributed by atoms with van der Waals surface area (Å²) in [6, 6.07) is 2.77. The van der Waals surface area contributed by atoms with E-state index in [1.807, 2.05) is 6.92 Å². The summed E-state index contributed by atoms with van der Waals surface area (Å²) in [5.74, 6) is 0.207. The van der Waals surface area contributed by atoms with Crippen molar-refractivity contribution in [2.45, 2.75) is 32.0 Å². The molecule has 0 aliphatic rings. The smallest absolute Gasteiger partial charge is 0.422 e. The van der Waals surface area contributed by atoms with Crippen LogP contribution in [-0.4, -0.2) is 25.9 Å². The molecule has 0 saturated heterocycles. The van der Waals surface area contributed by atoms with Crippen LogP contribution < -0.4 is 15.2 Å². The SMILES string of the molecule is CCC(N)Cc1cc(Cl)cc(OC)c1OCC(F)(F)F. The Labute approximate surface area is 120 Å². The van der Waals surface area contributed by atoms with Gasteiger partial charge in [0.25, 0.3) is 0 Å². The minimum absolute atomic E-state index is 0.0399. The summed E-state index contributed by atoms with van der Waals surface area (Å²) in [7, 11) is 1.34. The van der Waals surface area contributed by atoms with Crippen molar-refractivity contribution < 1.29 is 22.6 Å². The Balaban J connectivity index is 3.08. The van der Waals surface area contributed by atoms with E-state index in [0.29, 0.717) is 23.4 Å². The first-order valence-corrected chi connectivity index (χ1v) is 6.46. The molecule has 0 saturated carbocycles. The van der Waals surface area contributed by atoms with Gasteiger partial charge in [0.2, 0.25) is 0 Å². The third-order valence-corrected chi connectivity index (χ3v) is 2.92. The van der Waals surface area contributed by atoms with Crippen molar-refractivity contribution in [2.75, 3.05) is 13.7 Å². The molecule has 2 N–H and O–H groups in total. The maximum absolute atomic E-state index is 12.3. The average Bonchev–Trinajstić information content (AvgIpc) is 2.35. The van der Waals surface area contributed by atoms with E-state index in [9.17, 15) is 13.2 Å². The number of alkyl halides is 3. The molecule has 3 nitrogen and oxygen atoms in total. The van der Waals surface area contributed by atoms with E-state index in [0.717, 1.165) is 0 Å². The molecule has 0 amide bonds. The van der Waals surface area contributed by atoms with Gasteiger partial charge in [0.1, 0.15) is 0 Å². The van der Waals surface area contributed by atoms with Crippen LogP contribution in [0.15, 0.2) is 12.1 Å². The molecule has 0 radical (unpaired) electrons. The van der Waals surface area contributed by atoms with Crippen LogP contribution in [0.2, 0.25) is 5.02 Å². The van der Waals surface area contributed by atoms with E-state index in [2.05, 4.69) is 0 Å². The molecule has 1 aromatic rings. The summed E-state index contributed by atoms with van der Waals surface area (Å²) in [6.07, 6.45) is -3.37. The van der Waals surface area contributed by atoms with Crippen LogP contribution >= 0.6 is 11.6 Å². The van der Waals surface area contributed by atoms with Crippen LogP contribution in [0.5, 0.6) is 11.5 Å². The quantitative estimate of drug-likeness (QED) is 0.873. The van der Waals surface area contributed by atoms with Crippen molar-refractivity contribution in [3.05, 3.63) is 22.7 Å². The van der Waals surface area contributed by atoms with Crippen molar-refractivity contribution >= 4 is 11.6 Å². The van der Waals surface area contributed by atoms with Crippen molar-refractivity contribution in [1.29, 1.82) is 0 Å². The maximum Gasteiger partial charge on any atom is 0.422 e. The van der Waals surface area contributed by atoms with E-state index in [4.69, 9.17) is 26.8 Å². The molecule has 0 aliphatic carbocycles. The summed E-state index contributed by atoms with van der Waals surface area (Å²) in [5, 5.41) is 0.361. The normalized spacial score (nSPS) is 13.2. The van der Waals surface area contributed by atoms with E-state index >= 15 is 0 Å². The molecule has 1 atom stereocenters. The van der Waals surface area contributed by atoms with Crippen LogP contribution in [0, 0.1) is 0 Å². The second-order valence-corrected chi connectivity index (χ2v) is 4.81. The van der Waals surface area contributed by atoms with E-state index in [-0.39, 0.29) is 17.5 Å². The van der Waals surface area contributed by atoms with Gasteiger partial charge in [0.05, 0.1) is 7.11 Å². The van der Waals surface area contributed by atoms with Crippen LogP contribution in [-0.2, 0) is 6.42 Å². The Morgan fingerprint density at radius 2 is 2.00 bits per heavy atom. The summed E-state index contributed by atoms with van der Waals surface area (Å²) >= 11 is 5.92. The predicted molar refractivity (Wildman–Crippen MR) is 71.5 cm³/mol. The zero-order chi connectivity index (χ0) is 15.3. The first-order valence-electron chi connectivity index (χ1n) is 6.08. The fourth-order valence-electron chi connectivity index (χ4n) is 1.67. The molecule has 0 bridgehead atoms. The van der Waals surface area contributed by atoms with Crippen LogP contribution in [0.4, 0.5) is 13.2 Å². The number of benzene rings is 1. The summed E-state index contributed by atoms with van der Waals surface area (Å²) in [4.78, 5) is 0. The lowest BCUT2D eigenvalue weighted by molar-refractivity contribution is -0.153. The first kappa shape index (κ1) is 16.9. The Hall–Kier alpha value is -1.14. The van der Waals surface area contributed by atoms with Gasteiger partial charge in [-0.25, -0.2) is 0 Å². The molecule has 1 rings (SSSR count). The summed E-state index contributed by atoms with van der Waals surface area (Å²) < 4.78 is 46.8. The number of nitrogens with two attached hydrogens (primary N) is 1. The third kappa shape index (κ3) is 5.09. The lowest BCUT2D eigenvalue weighted by Gasteiger charge is -2.18. The number of methoxy groups -OCH3 is 1. The summed E-state index contributed by atoms with van der Waals surface area (Å²) in [6.45, 7) is 0.502. The molecule has 0 spiro atoms. The van der Waals surface area contributed by atoms with Gasteiger partial charge in [-0.2, -0.15) is 13.2 Å².